The van der Waals surface area contributed by atoms with Crippen LogP contribution in [0.4, 0.5) is 11.4 Å². The number of nitrogens with two attached hydrogens (primary N) is 1. The third kappa shape index (κ3) is 3.21. The van der Waals surface area contributed by atoms with Gasteiger partial charge in [-0.25, -0.2) is 0 Å². The molecular weight excluding hydrogens is 246 g/mol. The number of nitrogens with zero attached hydrogens (tertiary/aromatic N) is 2. The fourth-order valence-electron chi connectivity index (χ4n) is 2.55. The van der Waals surface area contributed by atoms with Gasteiger partial charge in [0, 0.05) is 25.7 Å². The maximum Gasteiger partial charge on any atom is 0.292 e. The summed E-state index contributed by atoms with van der Waals surface area (Å²) in [6, 6.07) is 4.95. The molecule has 0 amide bonds. The van der Waals surface area contributed by atoms with Crippen LogP contribution < -0.4 is 5.73 Å². The van der Waals surface area contributed by atoms with Crippen LogP contribution in [0.15, 0.2) is 18.2 Å². The van der Waals surface area contributed by atoms with E-state index in [2.05, 4.69) is 4.90 Å². The van der Waals surface area contributed by atoms with E-state index in [1.807, 2.05) is 19.9 Å². The van der Waals surface area contributed by atoms with Crippen molar-refractivity contribution in [2.45, 2.75) is 32.6 Å². The number of hydrogen-bond acceptors (Lipinski definition) is 5. The molecule has 1 fully saturated rings. The van der Waals surface area contributed by atoms with Crippen molar-refractivity contribution in [3.8, 4) is 0 Å². The molecule has 1 saturated heterocycles. The van der Waals surface area contributed by atoms with Crippen LogP contribution in [0, 0.1) is 10.1 Å². The number of anilines is 1. The van der Waals surface area contributed by atoms with Crippen LogP contribution in [0.1, 0.15) is 19.4 Å². The van der Waals surface area contributed by atoms with E-state index in [1.165, 1.54) is 6.07 Å². The first kappa shape index (κ1) is 13.8. The van der Waals surface area contributed by atoms with Crippen molar-refractivity contribution in [3.63, 3.8) is 0 Å². The van der Waals surface area contributed by atoms with Crippen molar-refractivity contribution in [2.24, 2.45) is 0 Å². The van der Waals surface area contributed by atoms with Crippen molar-refractivity contribution in [2.75, 3.05) is 18.8 Å². The second kappa shape index (κ2) is 5.54. The molecule has 2 rings (SSSR count). The number of ether oxygens (including phenoxy) is 1. The summed E-state index contributed by atoms with van der Waals surface area (Å²) in [5, 5.41) is 10.9. The quantitative estimate of drug-likeness (QED) is 0.512. The monoisotopic (exact) mass is 265 g/mol. The van der Waals surface area contributed by atoms with E-state index < -0.39 is 4.92 Å². The van der Waals surface area contributed by atoms with E-state index in [0.29, 0.717) is 6.54 Å². The molecule has 0 radical (unpaired) electrons. The molecule has 1 aliphatic rings. The fourth-order valence-corrected chi connectivity index (χ4v) is 2.55. The Balaban J connectivity index is 2.15. The Bertz CT molecular complexity index is 468. The Hall–Kier alpha value is -1.66. The maximum absolute atomic E-state index is 10.9. The lowest BCUT2D eigenvalue weighted by atomic mass is 10.1. The van der Waals surface area contributed by atoms with Gasteiger partial charge in [-0.3, -0.25) is 15.0 Å². The van der Waals surface area contributed by atoms with Gasteiger partial charge in [-0.15, -0.1) is 0 Å². The van der Waals surface area contributed by atoms with E-state index in [0.717, 1.165) is 18.7 Å². The van der Waals surface area contributed by atoms with Crippen molar-refractivity contribution in [3.05, 3.63) is 33.9 Å². The molecule has 0 aromatic heterocycles. The Morgan fingerprint density at radius 1 is 1.42 bits per heavy atom. The Morgan fingerprint density at radius 2 is 2.05 bits per heavy atom. The zero-order chi connectivity index (χ0) is 14.0. The van der Waals surface area contributed by atoms with Gasteiger partial charge in [-0.05, 0) is 19.4 Å². The minimum atomic E-state index is -0.441. The minimum absolute atomic E-state index is 0.0214. The number of morpholine rings is 1. The van der Waals surface area contributed by atoms with Crippen LogP contribution in [-0.4, -0.2) is 35.1 Å². The van der Waals surface area contributed by atoms with Crippen LogP contribution in [0.25, 0.3) is 0 Å². The number of hydrogen-bond donors (Lipinski definition) is 1. The number of rotatable bonds is 3. The van der Waals surface area contributed by atoms with Gasteiger partial charge in [-0.1, -0.05) is 12.1 Å². The molecule has 1 aromatic rings. The molecule has 2 atom stereocenters. The summed E-state index contributed by atoms with van der Waals surface area (Å²) < 4.78 is 5.67. The summed E-state index contributed by atoms with van der Waals surface area (Å²) in [4.78, 5) is 12.6. The molecular formula is C13H19N3O3. The fraction of sp³-hybridized carbons (Fsp3) is 0.538. The minimum Gasteiger partial charge on any atom is -0.393 e. The van der Waals surface area contributed by atoms with E-state index >= 15 is 0 Å². The highest BCUT2D eigenvalue weighted by atomic mass is 16.6. The lowest BCUT2D eigenvalue weighted by Crippen LogP contribution is -2.44. The molecule has 19 heavy (non-hydrogen) atoms. The second-order valence-corrected chi connectivity index (χ2v) is 5.06. The van der Waals surface area contributed by atoms with E-state index in [-0.39, 0.29) is 23.6 Å². The molecule has 6 nitrogen and oxygen atoms in total. The summed E-state index contributed by atoms with van der Waals surface area (Å²) in [6.07, 6.45) is 0.340. The topological polar surface area (TPSA) is 81.6 Å². The van der Waals surface area contributed by atoms with Crippen molar-refractivity contribution in [1.29, 1.82) is 0 Å². The molecule has 2 unspecified atom stereocenters. The van der Waals surface area contributed by atoms with Gasteiger partial charge in [0.25, 0.3) is 5.69 Å². The van der Waals surface area contributed by atoms with Gasteiger partial charge >= 0.3 is 0 Å². The normalized spacial score (nSPS) is 24.3. The highest BCUT2D eigenvalue weighted by Gasteiger charge is 2.23. The van der Waals surface area contributed by atoms with Crippen molar-refractivity contribution >= 4 is 11.4 Å². The van der Waals surface area contributed by atoms with Crippen molar-refractivity contribution in [1.82, 2.24) is 4.90 Å². The Kier molecular flexibility index (Phi) is 4.01. The van der Waals surface area contributed by atoms with E-state index in [1.54, 1.807) is 6.07 Å². The first-order chi connectivity index (χ1) is 8.97. The number of para-hydroxylation sites is 1. The third-order valence-corrected chi connectivity index (χ3v) is 3.26. The molecule has 6 heteroatoms. The predicted octanol–water partition coefficient (Wildman–Crippen LogP) is 1.79. The summed E-state index contributed by atoms with van der Waals surface area (Å²) >= 11 is 0. The second-order valence-electron chi connectivity index (χ2n) is 5.06. The van der Waals surface area contributed by atoms with Gasteiger partial charge in [0.15, 0.2) is 0 Å². The lowest BCUT2D eigenvalue weighted by Gasteiger charge is -2.35. The van der Waals surface area contributed by atoms with Gasteiger partial charge in [-0.2, -0.15) is 0 Å². The maximum atomic E-state index is 10.9. The summed E-state index contributed by atoms with van der Waals surface area (Å²) in [6.45, 7) is 6.30. The zero-order valence-corrected chi connectivity index (χ0v) is 11.2. The van der Waals surface area contributed by atoms with Crippen LogP contribution in [0.5, 0.6) is 0 Å². The average molecular weight is 265 g/mol. The standard InChI is InChI=1S/C13H19N3O3/c1-9-6-15(7-10(2)19-9)8-11-4-3-5-12(13(11)14)16(17)18/h3-5,9-10H,6-8,14H2,1-2H3. The number of nitro groups is 1. The zero-order valence-electron chi connectivity index (χ0n) is 11.2. The number of benzene rings is 1. The Labute approximate surface area is 112 Å². The molecule has 0 aliphatic carbocycles. The smallest absolute Gasteiger partial charge is 0.292 e. The first-order valence-electron chi connectivity index (χ1n) is 6.37. The average Bonchev–Trinajstić information content (AvgIpc) is 2.30. The first-order valence-corrected chi connectivity index (χ1v) is 6.37. The highest BCUT2D eigenvalue weighted by molar-refractivity contribution is 5.62. The van der Waals surface area contributed by atoms with Crippen LogP contribution >= 0.6 is 0 Å². The molecule has 2 N–H and O–H groups in total. The highest BCUT2D eigenvalue weighted by Crippen LogP contribution is 2.26. The van der Waals surface area contributed by atoms with E-state index in [9.17, 15) is 10.1 Å². The van der Waals surface area contributed by atoms with Crippen LogP contribution in [0.2, 0.25) is 0 Å². The van der Waals surface area contributed by atoms with E-state index in [4.69, 9.17) is 10.5 Å². The lowest BCUT2D eigenvalue weighted by molar-refractivity contribution is -0.384. The molecule has 0 bridgehead atoms. The Morgan fingerprint density at radius 3 is 2.63 bits per heavy atom. The molecule has 1 heterocycles. The molecule has 104 valence electrons. The molecule has 0 spiro atoms. The van der Waals surface area contributed by atoms with Gasteiger partial charge in [0.05, 0.1) is 17.1 Å². The molecule has 1 aliphatic heterocycles. The third-order valence-electron chi connectivity index (χ3n) is 3.26. The predicted molar refractivity (Wildman–Crippen MR) is 72.8 cm³/mol. The molecule has 1 aromatic carbocycles. The summed E-state index contributed by atoms with van der Waals surface area (Å²) in [7, 11) is 0. The summed E-state index contributed by atoms with van der Waals surface area (Å²) in [5.41, 5.74) is 6.91. The van der Waals surface area contributed by atoms with Gasteiger partial charge < -0.3 is 10.5 Å². The van der Waals surface area contributed by atoms with Crippen LogP contribution in [0.3, 0.4) is 0 Å². The molecule has 0 saturated carbocycles. The van der Waals surface area contributed by atoms with Crippen LogP contribution in [-0.2, 0) is 11.3 Å². The number of nitrogen functional groups attached to an aromatic ring is 1. The summed E-state index contributed by atoms with van der Waals surface area (Å²) in [5.74, 6) is 0. The largest absolute Gasteiger partial charge is 0.393 e. The van der Waals surface area contributed by atoms with Gasteiger partial charge in [0.2, 0.25) is 0 Å². The van der Waals surface area contributed by atoms with Gasteiger partial charge in [0.1, 0.15) is 5.69 Å². The SMILES string of the molecule is CC1CN(Cc2cccc([N+](=O)[O-])c2N)CC(C)O1. The number of nitro benzene ring substituents is 1. The van der Waals surface area contributed by atoms with Crippen molar-refractivity contribution < 1.29 is 9.66 Å².